The number of nitrogens with two attached hydrogens (primary N) is 1. The maximum absolute atomic E-state index is 6.85. The summed E-state index contributed by atoms with van der Waals surface area (Å²) in [5, 5.41) is 7.69. The van der Waals surface area contributed by atoms with Crippen LogP contribution in [0.2, 0.25) is 10.0 Å². The summed E-state index contributed by atoms with van der Waals surface area (Å²) in [6.45, 7) is 0. The molecule has 0 amide bonds. The molecule has 12 heavy (non-hydrogen) atoms. The normalized spacial score (nSPS) is 9.50. The van der Waals surface area contributed by atoms with Crippen molar-refractivity contribution in [2.45, 2.75) is 0 Å². The van der Waals surface area contributed by atoms with E-state index in [-0.39, 0.29) is 0 Å². The first-order valence-electron chi connectivity index (χ1n) is 3.06. The molecule has 0 aliphatic heterocycles. The third-order valence-corrected chi connectivity index (χ3v) is 1.64. The number of amidine groups is 1. The molecule has 0 aromatic heterocycles. The van der Waals surface area contributed by atoms with E-state index in [1.807, 2.05) is 0 Å². The molecule has 0 aliphatic rings. The molecule has 1 aromatic carbocycles. The monoisotopic (exact) mass is 204 g/mol. The van der Waals surface area contributed by atoms with Gasteiger partial charge >= 0.3 is 0 Å². The molecule has 0 aliphatic carbocycles. The molecule has 1 aromatic rings. The zero-order valence-electron chi connectivity index (χ0n) is 5.97. The highest BCUT2D eigenvalue weighted by molar-refractivity contribution is 6.35. The summed E-state index contributed by atoms with van der Waals surface area (Å²) in [6.07, 6.45) is 0. The van der Waals surface area contributed by atoms with Gasteiger partial charge < -0.3 is 10.5 Å². The Hall–Kier alpha value is -0.930. The summed E-state index contributed by atoms with van der Waals surface area (Å²) < 4.78 is 4.77. The fourth-order valence-corrected chi connectivity index (χ4v) is 1.12. The van der Waals surface area contributed by atoms with Crippen LogP contribution in [0.15, 0.2) is 18.2 Å². The average molecular weight is 205 g/mol. The van der Waals surface area contributed by atoms with Gasteiger partial charge in [-0.15, -0.1) is 0 Å². The van der Waals surface area contributed by atoms with Crippen LogP contribution in [-0.2, 0) is 0 Å². The number of hydrogen-bond acceptors (Lipinski definition) is 2. The van der Waals surface area contributed by atoms with Crippen molar-refractivity contribution >= 4 is 29.2 Å². The van der Waals surface area contributed by atoms with Crippen LogP contribution < -0.4 is 10.5 Å². The highest BCUT2D eigenvalue weighted by Crippen LogP contribution is 2.27. The highest BCUT2D eigenvalue weighted by atomic mass is 35.5. The lowest BCUT2D eigenvalue weighted by Gasteiger charge is -2.04. The van der Waals surface area contributed by atoms with Gasteiger partial charge in [0.25, 0.3) is 6.02 Å². The van der Waals surface area contributed by atoms with E-state index in [0.717, 1.165) is 0 Å². The van der Waals surface area contributed by atoms with E-state index in [0.29, 0.717) is 15.8 Å². The standard InChI is InChI=1S/C7H6Cl2N2O/c8-4-1-2-6(5(9)3-4)12-7(10)11/h1-3H,(H3,10,11). The lowest BCUT2D eigenvalue weighted by atomic mass is 10.3. The Labute approximate surface area is 79.5 Å². The molecule has 0 atom stereocenters. The third-order valence-electron chi connectivity index (χ3n) is 1.11. The summed E-state index contributed by atoms with van der Waals surface area (Å²) >= 11 is 11.3. The Bertz CT molecular complexity index is 314. The summed E-state index contributed by atoms with van der Waals surface area (Å²) in [7, 11) is 0. The molecule has 0 bridgehead atoms. The number of ether oxygens (including phenoxy) is 1. The SMILES string of the molecule is N=C(N)Oc1ccc(Cl)cc1Cl. The van der Waals surface area contributed by atoms with Crippen molar-refractivity contribution < 1.29 is 4.74 Å². The lowest BCUT2D eigenvalue weighted by molar-refractivity contribution is 0.537. The second-order valence-electron chi connectivity index (χ2n) is 2.04. The first-order valence-corrected chi connectivity index (χ1v) is 3.82. The van der Waals surface area contributed by atoms with E-state index in [9.17, 15) is 0 Å². The molecular weight excluding hydrogens is 199 g/mol. The van der Waals surface area contributed by atoms with Crippen LogP contribution in [0.5, 0.6) is 5.75 Å². The second kappa shape index (κ2) is 3.65. The Morgan fingerprint density at radius 2 is 2.08 bits per heavy atom. The van der Waals surface area contributed by atoms with E-state index in [2.05, 4.69) is 0 Å². The number of nitrogens with one attached hydrogen (secondary N) is 1. The van der Waals surface area contributed by atoms with Crippen molar-refractivity contribution in [1.82, 2.24) is 0 Å². The van der Waals surface area contributed by atoms with E-state index in [1.165, 1.54) is 6.07 Å². The Morgan fingerprint density at radius 3 is 2.58 bits per heavy atom. The number of benzene rings is 1. The molecular formula is C7H6Cl2N2O. The fraction of sp³-hybridized carbons (Fsp3) is 0. The molecule has 0 unspecified atom stereocenters. The lowest BCUT2D eigenvalue weighted by Crippen LogP contribution is -2.17. The van der Waals surface area contributed by atoms with Gasteiger partial charge in [-0.1, -0.05) is 23.2 Å². The summed E-state index contributed by atoms with van der Waals surface area (Å²) in [5.41, 5.74) is 5.00. The van der Waals surface area contributed by atoms with Gasteiger partial charge in [-0.05, 0) is 18.2 Å². The zero-order chi connectivity index (χ0) is 9.14. The highest BCUT2D eigenvalue weighted by Gasteiger charge is 2.02. The second-order valence-corrected chi connectivity index (χ2v) is 2.88. The fourth-order valence-electron chi connectivity index (χ4n) is 0.676. The van der Waals surface area contributed by atoms with Crippen LogP contribution in [0.3, 0.4) is 0 Å². The van der Waals surface area contributed by atoms with E-state index in [4.69, 9.17) is 39.1 Å². The zero-order valence-corrected chi connectivity index (χ0v) is 7.49. The van der Waals surface area contributed by atoms with E-state index in [1.54, 1.807) is 12.1 Å². The van der Waals surface area contributed by atoms with Crippen molar-refractivity contribution in [2.24, 2.45) is 5.73 Å². The van der Waals surface area contributed by atoms with Gasteiger partial charge in [0, 0.05) is 5.02 Å². The van der Waals surface area contributed by atoms with Crippen LogP contribution in [0.1, 0.15) is 0 Å². The van der Waals surface area contributed by atoms with Gasteiger partial charge in [0.15, 0.2) is 0 Å². The van der Waals surface area contributed by atoms with Gasteiger partial charge in [0.2, 0.25) is 0 Å². The quantitative estimate of drug-likeness (QED) is 0.545. The van der Waals surface area contributed by atoms with Crippen LogP contribution >= 0.6 is 23.2 Å². The number of halogens is 2. The minimum Gasteiger partial charge on any atom is -0.425 e. The molecule has 0 fully saturated rings. The molecule has 0 saturated carbocycles. The topological polar surface area (TPSA) is 59.1 Å². The molecule has 5 heteroatoms. The summed E-state index contributed by atoms with van der Waals surface area (Å²) in [6, 6.07) is 4.26. The van der Waals surface area contributed by atoms with Gasteiger partial charge in [-0.3, -0.25) is 5.41 Å². The van der Waals surface area contributed by atoms with Crippen LogP contribution in [0.4, 0.5) is 0 Å². The van der Waals surface area contributed by atoms with Crippen LogP contribution in [0.25, 0.3) is 0 Å². The van der Waals surface area contributed by atoms with Crippen molar-refractivity contribution in [2.75, 3.05) is 0 Å². The first kappa shape index (κ1) is 9.16. The average Bonchev–Trinajstić information content (AvgIpc) is 1.94. The first-order chi connectivity index (χ1) is 5.59. The van der Waals surface area contributed by atoms with Gasteiger partial charge in [0.05, 0.1) is 5.02 Å². The molecule has 64 valence electrons. The van der Waals surface area contributed by atoms with Crippen molar-refractivity contribution in [3.8, 4) is 5.75 Å². The van der Waals surface area contributed by atoms with Crippen molar-refractivity contribution in [1.29, 1.82) is 5.41 Å². The molecule has 1 rings (SSSR count). The molecule has 3 N–H and O–H groups in total. The Kier molecular flexibility index (Phi) is 2.78. The molecule has 0 spiro atoms. The molecule has 0 heterocycles. The van der Waals surface area contributed by atoms with E-state index < -0.39 is 6.02 Å². The minimum absolute atomic E-state index is 0.327. The number of hydrogen-bond donors (Lipinski definition) is 2. The van der Waals surface area contributed by atoms with Crippen LogP contribution in [-0.4, -0.2) is 6.02 Å². The molecule has 0 radical (unpaired) electrons. The Morgan fingerprint density at radius 1 is 1.42 bits per heavy atom. The molecule has 0 saturated heterocycles. The van der Waals surface area contributed by atoms with Crippen LogP contribution in [0, 0.1) is 5.41 Å². The van der Waals surface area contributed by atoms with Crippen molar-refractivity contribution in [3.05, 3.63) is 28.2 Å². The van der Waals surface area contributed by atoms with E-state index >= 15 is 0 Å². The maximum atomic E-state index is 6.85. The maximum Gasteiger partial charge on any atom is 0.284 e. The van der Waals surface area contributed by atoms with Gasteiger partial charge in [0.1, 0.15) is 5.75 Å². The summed E-state index contributed by atoms with van der Waals surface area (Å²) in [5.74, 6) is 0.327. The van der Waals surface area contributed by atoms with Crippen molar-refractivity contribution in [3.63, 3.8) is 0 Å². The predicted octanol–water partition coefficient (Wildman–Crippen LogP) is 2.27. The largest absolute Gasteiger partial charge is 0.425 e. The van der Waals surface area contributed by atoms with Gasteiger partial charge in [-0.25, -0.2) is 0 Å². The number of rotatable bonds is 1. The summed E-state index contributed by atoms with van der Waals surface area (Å²) in [4.78, 5) is 0. The van der Waals surface area contributed by atoms with Gasteiger partial charge in [-0.2, -0.15) is 0 Å². The third kappa shape index (κ3) is 2.29. The predicted molar refractivity (Wildman–Crippen MR) is 49.0 cm³/mol. The molecule has 3 nitrogen and oxygen atoms in total. The minimum atomic E-state index is -0.403. The smallest absolute Gasteiger partial charge is 0.284 e. The Balaban J connectivity index is 2.93.